The molecule has 1 aliphatic carbocycles. The predicted molar refractivity (Wildman–Crippen MR) is 116 cm³/mol. The van der Waals surface area contributed by atoms with Crippen LogP contribution in [0.4, 0.5) is 0 Å². The van der Waals surface area contributed by atoms with E-state index in [1.165, 1.54) is 5.56 Å². The SMILES string of the molecule is CCOC[C@]1(C(N)=S)[C@H](c2ccc(CC)cc2)[C@H]1S(=O)(=O)c1ccc(C)cc1. The second-order valence-corrected chi connectivity index (χ2v) is 9.90. The molecule has 0 aliphatic heterocycles. The summed E-state index contributed by atoms with van der Waals surface area (Å²) in [5.74, 6) is -0.311. The van der Waals surface area contributed by atoms with E-state index in [1.807, 2.05) is 50.2 Å². The summed E-state index contributed by atoms with van der Waals surface area (Å²) in [6, 6.07) is 15.0. The number of benzene rings is 2. The largest absolute Gasteiger partial charge is 0.393 e. The minimum absolute atomic E-state index is 0.200. The molecule has 6 heteroatoms. The van der Waals surface area contributed by atoms with Crippen molar-refractivity contribution in [2.24, 2.45) is 11.1 Å². The second kappa shape index (κ2) is 7.93. The van der Waals surface area contributed by atoms with Crippen molar-refractivity contribution in [3.05, 3.63) is 65.2 Å². The van der Waals surface area contributed by atoms with Gasteiger partial charge in [-0.3, -0.25) is 0 Å². The van der Waals surface area contributed by atoms with Crippen LogP contribution in [-0.2, 0) is 21.0 Å². The maximum absolute atomic E-state index is 13.5. The zero-order chi connectivity index (χ0) is 20.5. The van der Waals surface area contributed by atoms with E-state index >= 15 is 0 Å². The molecular formula is C22H27NO3S2. The lowest BCUT2D eigenvalue weighted by Crippen LogP contribution is -2.33. The van der Waals surface area contributed by atoms with Crippen LogP contribution in [0, 0.1) is 12.3 Å². The Labute approximate surface area is 173 Å². The fourth-order valence-electron chi connectivity index (χ4n) is 3.98. The summed E-state index contributed by atoms with van der Waals surface area (Å²) >= 11 is 5.38. The first kappa shape index (κ1) is 21.0. The van der Waals surface area contributed by atoms with Gasteiger partial charge in [-0.25, -0.2) is 8.42 Å². The predicted octanol–water partition coefficient (Wildman–Crippen LogP) is 3.81. The van der Waals surface area contributed by atoms with Gasteiger partial charge in [0.2, 0.25) is 0 Å². The Balaban J connectivity index is 2.08. The van der Waals surface area contributed by atoms with Crippen molar-refractivity contribution in [3.63, 3.8) is 0 Å². The number of thiocarbonyl (C=S) groups is 1. The Kier molecular flexibility index (Phi) is 5.94. The average molecular weight is 418 g/mol. The van der Waals surface area contributed by atoms with Crippen LogP contribution in [-0.4, -0.2) is 31.9 Å². The van der Waals surface area contributed by atoms with Gasteiger partial charge in [-0.05, 0) is 43.5 Å². The molecule has 28 heavy (non-hydrogen) atoms. The number of ether oxygens (including phenoxy) is 1. The van der Waals surface area contributed by atoms with E-state index in [-0.39, 0.29) is 17.5 Å². The second-order valence-electron chi connectivity index (χ2n) is 7.39. The molecule has 0 heterocycles. The molecular weight excluding hydrogens is 390 g/mol. The van der Waals surface area contributed by atoms with Crippen molar-refractivity contribution in [3.8, 4) is 0 Å². The molecule has 150 valence electrons. The molecule has 4 nitrogen and oxygen atoms in total. The molecule has 0 saturated heterocycles. The molecule has 3 atom stereocenters. The number of aryl methyl sites for hydroxylation is 2. The molecule has 0 unspecified atom stereocenters. The van der Waals surface area contributed by atoms with E-state index in [2.05, 4.69) is 6.92 Å². The summed E-state index contributed by atoms with van der Waals surface area (Å²) in [7, 11) is -3.63. The van der Waals surface area contributed by atoms with E-state index in [1.54, 1.807) is 12.1 Å². The molecule has 0 bridgehead atoms. The number of sulfone groups is 1. The smallest absolute Gasteiger partial charge is 0.182 e. The monoisotopic (exact) mass is 417 g/mol. The van der Waals surface area contributed by atoms with Crippen LogP contribution in [0.1, 0.15) is 36.5 Å². The van der Waals surface area contributed by atoms with Gasteiger partial charge in [0.1, 0.15) is 0 Å². The van der Waals surface area contributed by atoms with Gasteiger partial charge in [0.05, 0.1) is 27.2 Å². The third-order valence-corrected chi connectivity index (χ3v) is 8.36. The quantitative estimate of drug-likeness (QED) is 0.662. The first-order chi connectivity index (χ1) is 13.3. The fourth-order valence-corrected chi connectivity index (χ4v) is 6.75. The van der Waals surface area contributed by atoms with E-state index in [9.17, 15) is 8.42 Å². The highest BCUT2D eigenvalue weighted by Crippen LogP contribution is 2.64. The Bertz CT molecular complexity index is 952. The van der Waals surface area contributed by atoms with Gasteiger partial charge in [-0.2, -0.15) is 0 Å². The molecule has 1 fully saturated rings. The molecule has 0 spiro atoms. The van der Waals surface area contributed by atoms with Gasteiger partial charge in [-0.15, -0.1) is 0 Å². The minimum Gasteiger partial charge on any atom is -0.393 e. The van der Waals surface area contributed by atoms with Crippen molar-refractivity contribution in [1.29, 1.82) is 0 Å². The van der Waals surface area contributed by atoms with Gasteiger partial charge < -0.3 is 10.5 Å². The van der Waals surface area contributed by atoms with Gasteiger partial charge in [0, 0.05) is 12.5 Å². The lowest BCUT2D eigenvalue weighted by molar-refractivity contribution is 0.121. The van der Waals surface area contributed by atoms with Crippen LogP contribution in [0.5, 0.6) is 0 Å². The van der Waals surface area contributed by atoms with Gasteiger partial charge in [0.25, 0.3) is 0 Å². The summed E-state index contributed by atoms with van der Waals surface area (Å²) in [6.45, 7) is 6.58. The van der Waals surface area contributed by atoms with Crippen LogP contribution in [0.3, 0.4) is 0 Å². The average Bonchev–Trinajstić information content (AvgIpc) is 3.38. The van der Waals surface area contributed by atoms with Crippen LogP contribution >= 0.6 is 12.2 Å². The van der Waals surface area contributed by atoms with Crippen LogP contribution in [0.15, 0.2) is 53.4 Å². The molecule has 2 N–H and O–H groups in total. The summed E-state index contributed by atoms with van der Waals surface area (Å²) in [4.78, 5) is 0.499. The highest BCUT2D eigenvalue weighted by molar-refractivity contribution is 7.92. The summed E-state index contributed by atoms with van der Waals surface area (Å²) in [5.41, 5.74) is 8.40. The summed E-state index contributed by atoms with van der Waals surface area (Å²) in [5, 5.41) is -0.723. The third-order valence-electron chi connectivity index (χ3n) is 5.69. The topological polar surface area (TPSA) is 69.4 Å². The molecule has 2 aromatic carbocycles. The standard InChI is InChI=1S/C22H27NO3S2/c1-4-16-8-10-17(11-9-16)19-20(22(19,21(23)27)14-26-5-2)28(24,25)18-12-6-15(3)7-13-18/h6-13,19-20H,4-5,14H2,1-3H3,(H2,23,27)/t19-,20-,22+/m1/s1. The molecule has 2 aromatic rings. The zero-order valence-corrected chi connectivity index (χ0v) is 18.1. The molecule has 1 saturated carbocycles. The Morgan fingerprint density at radius 3 is 2.21 bits per heavy atom. The molecule has 3 rings (SSSR count). The van der Waals surface area contributed by atoms with Crippen LogP contribution < -0.4 is 5.73 Å². The molecule has 0 radical (unpaired) electrons. The van der Waals surface area contributed by atoms with Crippen molar-refractivity contribution >= 4 is 27.0 Å². The summed E-state index contributed by atoms with van der Waals surface area (Å²) < 4.78 is 32.7. The number of hydrogen-bond donors (Lipinski definition) is 1. The lowest BCUT2D eigenvalue weighted by atomic mass is 9.98. The van der Waals surface area contributed by atoms with Gasteiger partial charge >= 0.3 is 0 Å². The number of rotatable bonds is 8. The van der Waals surface area contributed by atoms with Crippen LogP contribution in [0.2, 0.25) is 0 Å². The van der Waals surface area contributed by atoms with E-state index in [0.29, 0.717) is 11.5 Å². The lowest BCUT2D eigenvalue weighted by Gasteiger charge is -2.17. The maximum Gasteiger partial charge on any atom is 0.182 e. The van der Waals surface area contributed by atoms with E-state index < -0.39 is 20.5 Å². The third kappa shape index (κ3) is 3.49. The number of hydrogen-bond acceptors (Lipinski definition) is 4. The molecule has 1 aliphatic rings. The van der Waals surface area contributed by atoms with Gasteiger partial charge in [0.15, 0.2) is 9.84 Å². The Morgan fingerprint density at radius 2 is 1.71 bits per heavy atom. The van der Waals surface area contributed by atoms with Crippen molar-refractivity contribution < 1.29 is 13.2 Å². The normalized spacial score (nSPS) is 24.1. The minimum atomic E-state index is -3.63. The van der Waals surface area contributed by atoms with Gasteiger partial charge in [-0.1, -0.05) is 61.1 Å². The van der Waals surface area contributed by atoms with E-state index in [4.69, 9.17) is 22.7 Å². The van der Waals surface area contributed by atoms with Crippen molar-refractivity contribution in [1.82, 2.24) is 0 Å². The molecule has 0 amide bonds. The highest BCUT2D eigenvalue weighted by Gasteiger charge is 2.73. The maximum atomic E-state index is 13.5. The first-order valence-corrected chi connectivity index (χ1v) is 11.5. The Morgan fingerprint density at radius 1 is 1.11 bits per heavy atom. The van der Waals surface area contributed by atoms with Crippen molar-refractivity contribution in [2.45, 2.75) is 43.3 Å². The zero-order valence-electron chi connectivity index (χ0n) is 16.5. The summed E-state index contributed by atoms with van der Waals surface area (Å²) in [6.07, 6.45) is 0.926. The highest BCUT2D eigenvalue weighted by atomic mass is 32.2. The van der Waals surface area contributed by atoms with E-state index in [0.717, 1.165) is 17.5 Å². The first-order valence-electron chi connectivity index (χ1n) is 9.56. The number of nitrogens with two attached hydrogens (primary N) is 1. The Hall–Kier alpha value is -1.76. The van der Waals surface area contributed by atoms with Crippen molar-refractivity contribution in [2.75, 3.05) is 13.2 Å². The molecule has 0 aromatic heterocycles. The van der Waals surface area contributed by atoms with Crippen LogP contribution in [0.25, 0.3) is 0 Å². The fraction of sp³-hybridized carbons (Fsp3) is 0.409.